The van der Waals surface area contributed by atoms with Gasteiger partial charge in [0.25, 0.3) is 0 Å². The molecule has 4 heteroatoms. The van der Waals surface area contributed by atoms with Gasteiger partial charge in [-0.15, -0.1) is 0 Å². The molecule has 116 valence electrons. The number of benzene rings is 1. The molecular weight excluding hydrogens is 328 g/mol. The number of hydrogen-bond donors (Lipinski definition) is 1. The van der Waals surface area contributed by atoms with E-state index >= 15 is 0 Å². The van der Waals surface area contributed by atoms with E-state index in [0.29, 0.717) is 12.5 Å². The highest BCUT2D eigenvalue weighted by molar-refractivity contribution is 9.10. The number of nitrogens with zero attached hydrogens (tertiary/aromatic N) is 1. The van der Waals surface area contributed by atoms with Crippen LogP contribution in [0.25, 0.3) is 5.57 Å². The highest BCUT2D eigenvalue weighted by Gasteiger charge is 2.09. The summed E-state index contributed by atoms with van der Waals surface area (Å²) in [5, 5.41) is 2.95. The number of rotatable bonds is 7. The number of hydrogen-bond acceptors (Lipinski definition) is 2. The van der Waals surface area contributed by atoms with Crippen LogP contribution in [0.3, 0.4) is 0 Å². The van der Waals surface area contributed by atoms with Gasteiger partial charge in [0.05, 0.1) is 0 Å². The fourth-order valence-corrected chi connectivity index (χ4v) is 2.29. The maximum absolute atomic E-state index is 12.0. The van der Waals surface area contributed by atoms with Crippen LogP contribution in [0, 0.1) is 5.92 Å². The molecule has 0 aliphatic carbocycles. The highest BCUT2D eigenvalue weighted by atomic mass is 79.9. The maximum Gasteiger partial charge on any atom is 0.244 e. The van der Waals surface area contributed by atoms with Gasteiger partial charge in [0, 0.05) is 17.1 Å². The highest BCUT2D eigenvalue weighted by Crippen LogP contribution is 2.24. The Kier molecular flexibility index (Phi) is 7.68. The van der Waals surface area contributed by atoms with Crippen LogP contribution < -0.4 is 5.32 Å². The smallest absolute Gasteiger partial charge is 0.244 e. The quantitative estimate of drug-likeness (QED) is 0.601. The molecule has 0 radical (unpaired) electrons. The van der Waals surface area contributed by atoms with Crippen LogP contribution in [-0.2, 0) is 4.79 Å². The zero-order chi connectivity index (χ0) is 15.8. The first kappa shape index (κ1) is 17.9. The van der Waals surface area contributed by atoms with Gasteiger partial charge < -0.3 is 10.2 Å². The number of amides is 1. The van der Waals surface area contributed by atoms with Crippen molar-refractivity contribution in [1.29, 1.82) is 0 Å². The average molecular weight is 353 g/mol. The molecule has 0 heterocycles. The van der Waals surface area contributed by atoms with Crippen molar-refractivity contribution in [2.24, 2.45) is 5.92 Å². The van der Waals surface area contributed by atoms with E-state index in [4.69, 9.17) is 0 Å². The lowest BCUT2D eigenvalue weighted by atomic mass is 9.95. The van der Waals surface area contributed by atoms with E-state index in [0.717, 1.165) is 28.6 Å². The Balaban J connectivity index is 2.67. The summed E-state index contributed by atoms with van der Waals surface area (Å²) >= 11 is 3.43. The minimum Gasteiger partial charge on any atom is -0.352 e. The zero-order valence-electron chi connectivity index (χ0n) is 13.3. The predicted molar refractivity (Wildman–Crippen MR) is 93.1 cm³/mol. The first-order valence-corrected chi connectivity index (χ1v) is 8.09. The molecule has 1 aromatic carbocycles. The molecule has 0 aliphatic heterocycles. The Morgan fingerprint density at radius 3 is 2.43 bits per heavy atom. The average Bonchev–Trinajstić information content (AvgIpc) is 2.41. The second-order valence-electron chi connectivity index (χ2n) is 5.71. The van der Waals surface area contributed by atoms with Crippen LogP contribution >= 0.6 is 15.9 Å². The largest absolute Gasteiger partial charge is 0.352 e. The van der Waals surface area contributed by atoms with E-state index < -0.39 is 0 Å². The monoisotopic (exact) mass is 352 g/mol. The van der Waals surface area contributed by atoms with Crippen LogP contribution in [0.1, 0.15) is 25.8 Å². The minimum absolute atomic E-state index is 0.0135. The molecule has 0 aliphatic rings. The third-order valence-electron chi connectivity index (χ3n) is 3.17. The Labute approximate surface area is 136 Å². The predicted octanol–water partition coefficient (Wildman–Crippen LogP) is 3.56. The molecule has 3 nitrogen and oxygen atoms in total. The maximum atomic E-state index is 12.0. The summed E-state index contributed by atoms with van der Waals surface area (Å²) in [6.45, 7) is 5.90. The summed E-state index contributed by atoms with van der Waals surface area (Å²) < 4.78 is 1.04. The van der Waals surface area contributed by atoms with Gasteiger partial charge in [-0.25, -0.2) is 0 Å². The molecular formula is C17H25BrN2O. The van der Waals surface area contributed by atoms with Crippen molar-refractivity contribution >= 4 is 27.4 Å². The summed E-state index contributed by atoms with van der Waals surface area (Å²) in [6, 6.07) is 8.07. The van der Waals surface area contributed by atoms with Crippen LogP contribution in [0.5, 0.6) is 0 Å². The standard InChI is InChI=1S/C17H25BrN2O/c1-13(2)16(14-6-8-15(18)9-7-14)12-17(21)19-10-5-11-20(3)4/h6-9,12-13H,5,10-11H2,1-4H3,(H,19,21)/b16-12+. The summed E-state index contributed by atoms with van der Waals surface area (Å²) in [4.78, 5) is 14.1. The summed E-state index contributed by atoms with van der Waals surface area (Å²) in [7, 11) is 4.07. The molecule has 1 N–H and O–H groups in total. The SMILES string of the molecule is CC(C)/C(=C\C(=O)NCCCN(C)C)c1ccc(Br)cc1. The molecule has 0 aromatic heterocycles. The molecule has 0 atom stereocenters. The zero-order valence-corrected chi connectivity index (χ0v) is 14.9. The van der Waals surface area contributed by atoms with Gasteiger partial charge in [-0.2, -0.15) is 0 Å². The molecule has 0 saturated carbocycles. The van der Waals surface area contributed by atoms with Crippen LogP contribution in [0.15, 0.2) is 34.8 Å². The Morgan fingerprint density at radius 1 is 1.29 bits per heavy atom. The first-order valence-electron chi connectivity index (χ1n) is 7.30. The fraction of sp³-hybridized carbons (Fsp3) is 0.471. The molecule has 0 unspecified atom stereocenters. The third-order valence-corrected chi connectivity index (χ3v) is 3.70. The van der Waals surface area contributed by atoms with E-state index in [2.05, 4.69) is 40.0 Å². The van der Waals surface area contributed by atoms with Crippen molar-refractivity contribution < 1.29 is 4.79 Å². The summed E-state index contributed by atoms with van der Waals surface area (Å²) in [5.41, 5.74) is 2.16. The molecule has 0 bridgehead atoms. The van der Waals surface area contributed by atoms with Gasteiger partial charge in [0.15, 0.2) is 0 Å². The Morgan fingerprint density at radius 2 is 1.90 bits per heavy atom. The van der Waals surface area contributed by atoms with Crippen molar-refractivity contribution in [2.75, 3.05) is 27.2 Å². The van der Waals surface area contributed by atoms with E-state index in [1.165, 1.54) is 0 Å². The Bertz CT molecular complexity index is 478. The van der Waals surface area contributed by atoms with Gasteiger partial charge in [-0.1, -0.05) is 41.9 Å². The first-order chi connectivity index (χ1) is 9.90. The molecule has 0 saturated heterocycles. The molecule has 1 aromatic rings. The minimum atomic E-state index is -0.0135. The van der Waals surface area contributed by atoms with Crippen molar-refractivity contribution in [3.8, 4) is 0 Å². The Hall–Kier alpha value is -1.13. The normalized spacial score (nSPS) is 12.0. The van der Waals surface area contributed by atoms with E-state index in [1.54, 1.807) is 6.08 Å². The van der Waals surface area contributed by atoms with E-state index in [1.807, 2.05) is 38.4 Å². The number of nitrogens with one attached hydrogen (secondary N) is 1. The van der Waals surface area contributed by atoms with Crippen molar-refractivity contribution in [3.63, 3.8) is 0 Å². The lowest BCUT2D eigenvalue weighted by Gasteiger charge is -2.13. The van der Waals surface area contributed by atoms with Gasteiger partial charge in [0.2, 0.25) is 5.91 Å². The van der Waals surface area contributed by atoms with Gasteiger partial charge in [-0.05, 0) is 56.2 Å². The van der Waals surface area contributed by atoms with Crippen LogP contribution in [0.4, 0.5) is 0 Å². The van der Waals surface area contributed by atoms with Gasteiger partial charge in [0.1, 0.15) is 0 Å². The second-order valence-corrected chi connectivity index (χ2v) is 6.62. The van der Waals surface area contributed by atoms with E-state index in [9.17, 15) is 4.79 Å². The molecule has 1 amide bonds. The second kappa shape index (κ2) is 9.00. The van der Waals surface area contributed by atoms with Gasteiger partial charge in [-0.3, -0.25) is 4.79 Å². The third kappa shape index (κ3) is 6.91. The molecule has 0 spiro atoms. The lowest BCUT2D eigenvalue weighted by Crippen LogP contribution is -2.26. The van der Waals surface area contributed by atoms with Crippen molar-refractivity contribution in [2.45, 2.75) is 20.3 Å². The molecule has 1 rings (SSSR count). The number of carbonyl (C=O) groups excluding carboxylic acids is 1. The van der Waals surface area contributed by atoms with Crippen molar-refractivity contribution in [1.82, 2.24) is 10.2 Å². The number of allylic oxidation sites excluding steroid dienone is 1. The fourth-order valence-electron chi connectivity index (χ4n) is 2.02. The van der Waals surface area contributed by atoms with Gasteiger partial charge >= 0.3 is 0 Å². The molecule has 21 heavy (non-hydrogen) atoms. The van der Waals surface area contributed by atoms with Crippen LogP contribution in [0.2, 0.25) is 0 Å². The topological polar surface area (TPSA) is 32.3 Å². The lowest BCUT2D eigenvalue weighted by molar-refractivity contribution is -0.116. The van der Waals surface area contributed by atoms with Crippen LogP contribution in [-0.4, -0.2) is 38.0 Å². The summed E-state index contributed by atoms with van der Waals surface area (Å²) in [6.07, 6.45) is 2.69. The number of carbonyl (C=O) groups is 1. The number of halogens is 1. The van der Waals surface area contributed by atoms with E-state index in [-0.39, 0.29) is 5.91 Å². The molecule has 0 fully saturated rings. The van der Waals surface area contributed by atoms with Crippen molar-refractivity contribution in [3.05, 3.63) is 40.4 Å². The summed E-state index contributed by atoms with van der Waals surface area (Å²) in [5.74, 6) is 0.291.